The molecule has 8 heteroatoms. The van der Waals surface area contributed by atoms with Crippen LogP contribution in [0.2, 0.25) is 0 Å². The Labute approximate surface area is 202 Å². The monoisotopic (exact) mass is 466 g/mol. The summed E-state index contributed by atoms with van der Waals surface area (Å²) in [6.07, 6.45) is 7.84. The minimum absolute atomic E-state index is 0.289. The predicted octanol–water partition coefficient (Wildman–Crippen LogP) is 4.89. The first-order valence-electron chi connectivity index (χ1n) is 11.9. The topological polar surface area (TPSA) is 77.5 Å². The fourth-order valence-electron chi connectivity index (χ4n) is 4.57. The Morgan fingerprint density at radius 2 is 1.97 bits per heavy atom. The third-order valence-corrected chi connectivity index (χ3v) is 6.41. The van der Waals surface area contributed by atoms with Crippen LogP contribution in [0, 0.1) is 0 Å². The molecule has 0 radical (unpaired) electrons. The molecule has 35 heavy (non-hydrogen) atoms. The molecule has 4 aromatic heterocycles. The average molecular weight is 467 g/mol. The SMILES string of the molecule is CCOC(=O)c1cnn2c(N(C)Cc3ccccc3)cc(-c3cn(C4CC4)c4ncccc34)nc12. The zero-order valence-electron chi connectivity index (χ0n) is 19.8. The van der Waals surface area contributed by atoms with Gasteiger partial charge in [-0.2, -0.15) is 9.61 Å². The molecule has 1 aliphatic rings. The van der Waals surface area contributed by atoms with E-state index in [1.54, 1.807) is 17.6 Å². The minimum atomic E-state index is -0.425. The van der Waals surface area contributed by atoms with Gasteiger partial charge in [0.2, 0.25) is 0 Å². The second-order valence-corrected chi connectivity index (χ2v) is 8.91. The van der Waals surface area contributed by atoms with Crippen molar-refractivity contribution in [2.45, 2.75) is 32.4 Å². The summed E-state index contributed by atoms with van der Waals surface area (Å²) >= 11 is 0. The fourth-order valence-corrected chi connectivity index (χ4v) is 4.57. The lowest BCUT2D eigenvalue weighted by Gasteiger charge is -2.21. The van der Waals surface area contributed by atoms with Crippen molar-refractivity contribution in [3.8, 4) is 11.3 Å². The maximum absolute atomic E-state index is 12.7. The lowest BCUT2D eigenvalue weighted by Crippen LogP contribution is -2.20. The number of hydrogen-bond donors (Lipinski definition) is 0. The van der Waals surface area contributed by atoms with Gasteiger partial charge >= 0.3 is 5.97 Å². The van der Waals surface area contributed by atoms with Gasteiger partial charge in [-0.3, -0.25) is 0 Å². The minimum Gasteiger partial charge on any atom is -0.462 e. The van der Waals surface area contributed by atoms with E-state index >= 15 is 0 Å². The molecular formula is C27H26N6O2. The normalized spacial score (nSPS) is 13.4. The second kappa shape index (κ2) is 8.54. The van der Waals surface area contributed by atoms with Crippen molar-refractivity contribution in [3.05, 3.63) is 78.2 Å². The maximum Gasteiger partial charge on any atom is 0.343 e. The van der Waals surface area contributed by atoms with Crippen molar-refractivity contribution in [1.82, 2.24) is 24.1 Å². The van der Waals surface area contributed by atoms with Crippen molar-refractivity contribution in [2.24, 2.45) is 0 Å². The Hall–Kier alpha value is -4.20. The Kier molecular flexibility index (Phi) is 5.21. The first-order chi connectivity index (χ1) is 17.1. The number of nitrogens with zero attached hydrogens (tertiary/aromatic N) is 6. The molecule has 1 aliphatic carbocycles. The largest absolute Gasteiger partial charge is 0.462 e. The van der Waals surface area contributed by atoms with Gasteiger partial charge in [0.15, 0.2) is 5.65 Å². The number of anilines is 1. The first-order valence-corrected chi connectivity index (χ1v) is 11.9. The van der Waals surface area contributed by atoms with Gasteiger partial charge in [-0.15, -0.1) is 0 Å². The van der Waals surface area contributed by atoms with Crippen molar-refractivity contribution < 1.29 is 9.53 Å². The summed E-state index contributed by atoms with van der Waals surface area (Å²) < 4.78 is 9.27. The van der Waals surface area contributed by atoms with Crippen LogP contribution in [0.1, 0.15) is 41.7 Å². The fraction of sp³-hybridized carbons (Fsp3) is 0.259. The number of hydrogen-bond acceptors (Lipinski definition) is 6. The van der Waals surface area contributed by atoms with Crippen LogP contribution in [0.4, 0.5) is 5.82 Å². The number of rotatable bonds is 7. The summed E-state index contributed by atoms with van der Waals surface area (Å²) in [6, 6.07) is 16.8. The molecule has 1 fully saturated rings. The molecule has 8 nitrogen and oxygen atoms in total. The number of aromatic nitrogens is 5. The molecule has 5 aromatic rings. The van der Waals surface area contributed by atoms with Crippen molar-refractivity contribution in [1.29, 1.82) is 0 Å². The van der Waals surface area contributed by atoms with Gasteiger partial charge in [-0.05, 0) is 37.5 Å². The van der Waals surface area contributed by atoms with Gasteiger partial charge in [-0.1, -0.05) is 30.3 Å². The van der Waals surface area contributed by atoms with E-state index in [1.807, 2.05) is 43.6 Å². The molecule has 0 unspecified atom stereocenters. The zero-order chi connectivity index (χ0) is 23.9. The molecule has 176 valence electrons. The van der Waals surface area contributed by atoms with Gasteiger partial charge in [0.1, 0.15) is 17.0 Å². The van der Waals surface area contributed by atoms with Crippen molar-refractivity contribution in [3.63, 3.8) is 0 Å². The molecule has 0 bridgehead atoms. The zero-order valence-corrected chi connectivity index (χ0v) is 19.8. The molecule has 0 atom stereocenters. The summed E-state index contributed by atoms with van der Waals surface area (Å²) in [5.74, 6) is 0.409. The second-order valence-electron chi connectivity index (χ2n) is 8.91. The van der Waals surface area contributed by atoms with E-state index in [9.17, 15) is 4.79 Å². The Morgan fingerprint density at radius 3 is 2.74 bits per heavy atom. The van der Waals surface area contributed by atoms with E-state index in [1.165, 1.54) is 5.56 Å². The third kappa shape index (κ3) is 3.80. The highest BCUT2D eigenvalue weighted by atomic mass is 16.5. The number of esters is 1. The summed E-state index contributed by atoms with van der Waals surface area (Å²) in [4.78, 5) is 24.4. The molecule has 0 saturated heterocycles. The number of fused-ring (bicyclic) bond motifs is 2. The van der Waals surface area contributed by atoms with Crippen LogP contribution in [0.15, 0.2) is 67.1 Å². The number of benzene rings is 1. The highest BCUT2D eigenvalue weighted by molar-refractivity contribution is 5.98. The predicted molar refractivity (Wildman–Crippen MR) is 134 cm³/mol. The number of pyridine rings is 1. The summed E-state index contributed by atoms with van der Waals surface area (Å²) in [7, 11) is 2.02. The van der Waals surface area contributed by atoms with Crippen molar-refractivity contribution in [2.75, 3.05) is 18.6 Å². The lowest BCUT2D eigenvalue weighted by molar-refractivity contribution is 0.0528. The summed E-state index contributed by atoms with van der Waals surface area (Å²) in [6.45, 7) is 2.76. The highest BCUT2D eigenvalue weighted by Crippen LogP contribution is 2.41. The lowest BCUT2D eigenvalue weighted by atomic mass is 10.1. The molecule has 0 spiro atoms. The maximum atomic E-state index is 12.7. The van der Waals surface area contributed by atoms with Gasteiger partial charge in [-0.25, -0.2) is 14.8 Å². The third-order valence-electron chi connectivity index (χ3n) is 6.41. The number of ether oxygens (including phenoxy) is 1. The van der Waals surface area contributed by atoms with E-state index in [0.29, 0.717) is 23.8 Å². The van der Waals surface area contributed by atoms with Gasteiger partial charge < -0.3 is 14.2 Å². The van der Waals surface area contributed by atoms with Crippen LogP contribution in [-0.2, 0) is 11.3 Å². The molecule has 4 heterocycles. The summed E-state index contributed by atoms with van der Waals surface area (Å²) in [5, 5.41) is 5.57. The van der Waals surface area contributed by atoms with Crippen LogP contribution in [0.3, 0.4) is 0 Å². The summed E-state index contributed by atoms with van der Waals surface area (Å²) in [5.41, 5.74) is 4.74. The van der Waals surface area contributed by atoms with Crippen LogP contribution >= 0.6 is 0 Å². The van der Waals surface area contributed by atoms with Crippen LogP contribution < -0.4 is 4.90 Å². The van der Waals surface area contributed by atoms with Crippen LogP contribution in [0.25, 0.3) is 27.9 Å². The molecule has 6 rings (SSSR count). The van der Waals surface area contributed by atoms with E-state index in [2.05, 4.69) is 43.9 Å². The Balaban J connectivity index is 1.54. The van der Waals surface area contributed by atoms with E-state index in [0.717, 1.165) is 41.0 Å². The van der Waals surface area contributed by atoms with E-state index in [-0.39, 0.29) is 6.61 Å². The van der Waals surface area contributed by atoms with Crippen molar-refractivity contribution >= 4 is 28.5 Å². The number of carbonyl (C=O) groups excluding carboxylic acids is 1. The Morgan fingerprint density at radius 1 is 1.14 bits per heavy atom. The quantitative estimate of drug-likeness (QED) is 0.318. The highest BCUT2D eigenvalue weighted by Gasteiger charge is 2.28. The molecular weight excluding hydrogens is 440 g/mol. The van der Waals surface area contributed by atoms with Gasteiger partial charge in [0.25, 0.3) is 0 Å². The standard InChI is InChI=1S/C27H26N6O2/c1-3-35-27(34)21-15-29-33-24(31(2)16-18-8-5-4-6-9-18)14-23(30-26(21)33)22-17-32(19-11-12-19)25-20(22)10-7-13-28-25/h4-10,13-15,17,19H,3,11-12,16H2,1-2H3. The average Bonchev–Trinajstić information content (AvgIpc) is 3.51. The Bertz CT molecular complexity index is 1530. The molecule has 1 aromatic carbocycles. The molecule has 1 saturated carbocycles. The molecule has 0 aliphatic heterocycles. The van der Waals surface area contributed by atoms with E-state index < -0.39 is 5.97 Å². The van der Waals surface area contributed by atoms with Crippen LogP contribution in [0.5, 0.6) is 0 Å². The van der Waals surface area contributed by atoms with Gasteiger partial charge in [0.05, 0.1) is 18.5 Å². The number of carbonyl (C=O) groups is 1. The molecule has 0 amide bonds. The molecule has 0 N–H and O–H groups in total. The smallest absolute Gasteiger partial charge is 0.343 e. The van der Waals surface area contributed by atoms with Crippen LogP contribution in [-0.4, -0.2) is 43.8 Å². The first kappa shape index (κ1) is 21.3. The van der Waals surface area contributed by atoms with E-state index in [4.69, 9.17) is 9.72 Å². The van der Waals surface area contributed by atoms with Gasteiger partial charge in [0, 0.05) is 49.0 Å².